The van der Waals surface area contributed by atoms with Gasteiger partial charge in [0.2, 0.25) is 0 Å². The lowest BCUT2D eigenvalue weighted by molar-refractivity contribution is 0.438. The molecule has 17 heavy (non-hydrogen) atoms. The van der Waals surface area contributed by atoms with Gasteiger partial charge in [0.15, 0.2) is 5.03 Å². The Labute approximate surface area is 102 Å². The Morgan fingerprint density at radius 1 is 1.47 bits per heavy atom. The van der Waals surface area contributed by atoms with E-state index in [9.17, 15) is 8.42 Å². The van der Waals surface area contributed by atoms with Gasteiger partial charge < -0.3 is 5.32 Å². The molecule has 0 spiro atoms. The molecule has 6 nitrogen and oxygen atoms in total. The highest BCUT2D eigenvalue weighted by atomic mass is 32.2. The van der Waals surface area contributed by atoms with Gasteiger partial charge in [0, 0.05) is 17.6 Å². The molecule has 1 rings (SSSR count). The van der Waals surface area contributed by atoms with Gasteiger partial charge in [0.1, 0.15) is 0 Å². The van der Waals surface area contributed by atoms with Crippen LogP contribution < -0.4 is 10.0 Å². The maximum absolute atomic E-state index is 12.2. The van der Waals surface area contributed by atoms with Crippen molar-refractivity contribution in [2.45, 2.75) is 44.3 Å². The first-order valence-corrected chi connectivity index (χ1v) is 7.01. The van der Waals surface area contributed by atoms with Gasteiger partial charge in [-0.15, -0.1) is 0 Å². The van der Waals surface area contributed by atoms with Crippen molar-refractivity contribution in [1.82, 2.24) is 20.2 Å². The van der Waals surface area contributed by atoms with Crippen molar-refractivity contribution in [3.05, 3.63) is 11.8 Å². The van der Waals surface area contributed by atoms with Crippen LogP contribution >= 0.6 is 0 Å². The van der Waals surface area contributed by atoms with Crippen LogP contribution in [0, 0.1) is 0 Å². The highest BCUT2D eigenvalue weighted by Crippen LogP contribution is 2.16. The summed E-state index contributed by atoms with van der Waals surface area (Å²) in [6.45, 7) is 6.08. The number of nitrogens with one attached hydrogen (secondary N) is 3. The molecule has 0 unspecified atom stereocenters. The van der Waals surface area contributed by atoms with E-state index in [-0.39, 0.29) is 5.03 Å². The second-order valence-corrected chi connectivity index (χ2v) is 6.22. The third-order valence-corrected chi connectivity index (χ3v) is 4.32. The first kappa shape index (κ1) is 14.1. The largest absolute Gasteiger partial charge is 0.316 e. The summed E-state index contributed by atoms with van der Waals surface area (Å²) in [5.41, 5.74) is 0.160. The molecule has 3 N–H and O–H groups in total. The summed E-state index contributed by atoms with van der Waals surface area (Å²) in [5.74, 6) is 0. The number of hydrogen-bond acceptors (Lipinski definition) is 4. The molecule has 98 valence electrons. The van der Waals surface area contributed by atoms with Crippen LogP contribution in [0.1, 0.15) is 32.8 Å². The Balaban J connectivity index is 3.01. The van der Waals surface area contributed by atoms with Gasteiger partial charge in [0.05, 0.1) is 6.20 Å². The van der Waals surface area contributed by atoms with Gasteiger partial charge >= 0.3 is 0 Å². The molecule has 1 aromatic rings. The molecule has 1 heterocycles. The number of aromatic amines is 1. The lowest BCUT2D eigenvalue weighted by Crippen LogP contribution is -2.43. The van der Waals surface area contributed by atoms with Gasteiger partial charge in [-0.3, -0.25) is 5.10 Å². The van der Waals surface area contributed by atoms with Crippen LogP contribution in [-0.2, 0) is 16.6 Å². The lowest BCUT2D eigenvalue weighted by atomic mass is 10.0. The maximum atomic E-state index is 12.2. The molecule has 0 aliphatic rings. The van der Waals surface area contributed by atoms with Gasteiger partial charge in [-0.1, -0.05) is 6.92 Å². The summed E-state index contributed by atoms with van der Waals surface area (Å²) < 4.78 is 27.0. The zero-order valence-corrected chi connectivity index (χ0v) is 11.5. The highest BCUT2D eigenvalue weighted by Gasteiger charge is 2.27. The van der Waals surface area contributed by atoms with Crippen LogP contribution in [0.25, 0.3) is 0 Å². The van der Waals surface area contributed by atoms with Gasteiger partial charge in [-0.25, -0.2) is 13.1 Å². The summed E-state index contributed by atoms with van der Waals surface area (Å²) in [6.07, 6.45) is 2.23. The molecular formula is C10H20N4O2S. The fourth-order valence-electron chi connectivity index (χ4n) is 1.34. The fraction of sp³-hybridized carbons (Fsp3) is 0.700. The first-order valence-electron chi connectivity index (χ1n) is 5.53. The van der Waals surface area contributed by atoms with Crippen LogP contribution in [-0.4, -0.2) is 31.2 Å². The summed E-state index contributed by atoms with van der Waals surface area (Å²) >= 11 is 0. The Kier molecular flexibility index (Phi) is 4.29. The smallest absolute Gasteiger partial charge is 0.258 e. The van der Waals surface area contributed by atoms with Crippen LogP contribution in [0.5, 0.6) is 0 Å². The van der Waals surface area contributed by atoms with Crippen LogP contribution in [0.4, 0.5) is 0 Å². The van der Waals surface area contributed by atoms with E-state index in [1.54, 1.807) is 7.05 Å². The zero-order chi connectivity index (χ0) is 13.1. The molecule has 0 radical (unpaired) electrons. The minimum absolute atomic E-state index is 0.133. The molecule has 1 aromatic heterocycles. The molecule has 0 bridgehead atoms. The standard InChI is InChI=1S/C10H20N4O2S/c1-5-10(2,3)14-17(15,16)9-8(6-11-4)7-12-13-9/h7,11,14H,5-6H2,1-4H3,(H,12,13). The number of aromatic nitrogens is 2. The summed E-state index contributed by atoms with van der Waals surface area (Å²) in [6, 6.07) is 0. The van der Waals surface area contributed by atoms with E-state index >= 15 is 0 Å². The Bertz CT molecular complexity index is 464. The maximum Gasteiger partial charge on any atom is 0.258 e. The molecular weight excluding hydrogens is 240 g/mol. The third kappa shape index (κ3) is 3.52. The van der Waals surface area contributed by atoms with Crippen molar-refractivity contribution in [3.8, 4) is 0 Å². The molecule has 0 aliphatic heterocycles. The van der Waals surface area contributed by atoms with Crippen molar-refractivity contribution < 1.29 is 8.42 Å². The fourth-order valence-corrected chi connectivity index (χ4v) is 2.95. The van der Waals surface area contributed by atoms with Crippen LogP contribution in [0.15, 0.2) is 11.2 Å². The van der Waals surface area contributed by atoms with Crippen molar-refractivity contribution in [1.29, 1.82) is 0 Å². The Hall–Kier alpha value is -0.920. The summed E-state index contributed by atoms with van der Waals surface area (Å²) in [7, 11) is -1.79. The molecule has 0 aliphatic carbocycles. The second-order valence-electron chi connectivity index (χ2n) is 4.60. The minimum Gasteiger partial charge on any atom is -0.316 e. The predicted molar refractivity (Wildman–Crippen MR) is 66.0 cm³/mol. The van der Waals surface area contributed by atoms with Gasteiger partial charge in [-0.2, -0.15) is 5.10 Å². The van der Waals surface area contributed by atoms with Crippen molar-refractivity contribution in [2.24, 2.45) is 0 Å². The molecule has 0 aromatic carbocycles. The van der Waals surface area contributed by atoms with E-state index in [1.165, 1.54) is 6.20 Å². The van der Waals surface area contributed by atoms with Crippen molar-refractivity contribution >= 4 is 10.0 Å². The zero-order valence-electron chi connectivity index (χ0n) is 10.7. The van der Waals surface area contributed by atoms with E-state index in [4.69, 9.17) is 0 Å². The summed E-state index contributed by atoms with van der Waals surface area (Å²) in [4.78, 5) is 0. The number of hydrogen-bond donors (Lipinski definition) is 3. The summed E-state index contributed by atoms with van der Waals surface area (Å²) in [5, 5.41) is 9.36. The number of sulfonamides is 1. The molecule has 0 atom stereocenters. The molecule has 0 amide bonds. The normalized spacial score (nSPS) is 12.9. The van der Waals surface area contributed by atoms with Crippen molar-refractivity contribution in [3.63, 3.8) is 0 Å². The van der Waals surface area contributed by atoms with E-state index in [0.29, 0.717) is 18.5 Å². The molecule has 0 fully saturated rings. The number of rotatable bonds is 6. The second kappa shape index (κ2) is 5.16. The Morgan fingerprint density at radius 2 is 2.12 bits per heavy atom. The van der Waals surface area contributed by atoms with Crippen LogP contribution in [0.2, 0.25) is 0 Å². The third-order valence-electron chi connectivity index (χ3n) is 2.61. The predicted octanol–water partition coefficient (Wildman–Crippen LogP) is 0.596. The van der Waals surface area contributed by atoms with Gasteiger partial charge in [-0.05, 0) is 27.3 Å². The van der Waals surface area contributed by atoms with E-state index in [0.717, 1.165) is 0 Å². The monoisotopic (exact) mass is 260 g/mol. The van der Waals surface area contributed by atoms with E-state index < -0.39 is 15.6 Å². The quantitative estimate of drug-likeness (QED) is 0.699. The van der Waals surface area contributed by atoms with E-state index in [2.05, 4.69) is 20.2 Å². The molecule has 7 heteroatoms. The SMILES string of the molecule is CCC(C)(C)NS(=O)(=O)c1[nH]ncc1CNC. The van der Waals surface area contributed by atoms with Gasteiger partial charge in [0.25, 0.3) is 10.0 Å². The van der Waals surface area contributed by atoms with Crippen molar-refractivity contribution in [2.75, 3.05) is 7.05 Å². The minimum atomic E-state index is -3.55. The topological polar surface area (TPSA) is 86.9 Å². The first-order chi connectivity index (χ1) is 7.82. The highest BCUT2D eigenvalue weighted by molar-refractivity contribution is 7.89. The Morgan fingerprint density at radius 3 is 2.65 bits per heavy atom. The molecule has 0 saturated heterocycles. The lowest BCUT2D eigenvalue weighted by Gasteiger charge is -2.23. The van der Waals surface area contributed by atoms with E-state index in [1.807, 2.05) is 20.8 Å². The van der Waals surface area contributed by atoms with Crippen LogP contribution in [0.3, 0.4) is 0 Å². The average Bonchev–Trinajstić information content (AvgIpc) is 2.66. The number of nitrogens with zero attached hydrogens (tertiary/aromatic N) is 1. The average molecular weight is 260 g/mol. The molecule has 0 saturated carbocycles. The number of H-pyrrole nitrogens is 1.